The van der Waals surface area contributed by atoms with Gasteiger partial charge in [0, 0.05) is 0 Å². The van der Waals surface area contributed by atoms with Crippen molar-refractivity contribution in [2.75, 3.05) is 0 Å². The molecule has 1 aliphatic carbocycles. The molecule has 0 radical (unpaired) electrons. The van der Waals surface area contributed by atoms with Crippen LogP contribution in [0.3, 0.4) is 0 Å². The molecule has 0 aromatic rings. The molecule has 0 N–H and O–H groups in total. The summed E-state index contributed by atoms with van der Waals surface area (Å²) in [5, 5.41) is 4.80. The third kappa shape index (κ3) is 1.33. The molecule has 0 heterocycles. The van der Waals surface area contributed by atoms with Crippen molar-refractivity contribution in [3.05, 3.63) is 22.1 Å². The van der Waals surface area contributed by atoms with Gasteiger partial charge in [-0.15, -0.1) is 0 Å². The van der Waals surface area contributed by atoms with Crippen LogP contribution in [0.4, 0.5) is 0 Å². The third-order valence-corrected chi connectivity index (χ3v) is 4.00. The Hall–Kier alpha value is 0.194. The Morgan fingerprint density at radius 1 is 1.62 bits per heavy atom. The summed E-state index contributed by atoms with van der Waals surface area (Å²) in [7, 11) is 0. The molecule has 1 heteroatoms. The average molecular weight is 144 g/mol. The van der Waals surface area contributed by atoms with E-state index in [9.17, 15) is 0 Å². The van der Waals surface area contributed by atoms with Crippen LogP contribution in [0.15, 0.2) is 22.1 Å². The second-order valence-corrected chi connectivity index (χ2v) is 6.45. The van der Waals surface area contributed by atoms with Crippen molar-refractivity contribution in [1.82, 2.24) is 0 Å². The predicted molar refractivity (Wildman–Crippen MR) is 34.7 cm³/mol. The van der Waals surface area contributed by atoms with Crippen molar-refractivity contribution in [3.8, 4) is 0 Å². The largest absolute Gasteiger partial charge is 1.00 e. The van der Waals surface area contributed by atoms with E-state index < -0.39 is 17.9 Å². The van der Waals surface area contributed by atoms with E-state index >= 15 is 0 Å². The molecular weight excluding hydrogens is 132 g/mol. The van der Waals surface area contributed by atoms with E-state index in [4.69, 9.17) is 0 Å². The minimum atomic E-state index is -0.657. The van der Waals surface area contributed by atoms with Crippen LogP contribution in [0.1, 0.15) is 7.85 Å². The van der Waals surface area contributed by atoms with Gasteiger partial charge in [0.2, 0.25) is 0 Å². The number of hydrogen-bond acceptors (Lipinski definition) is 0. The maximum Gasteiger partial charge on any atom is -1.00 e. The maximum absolute atomic E-state index is 2.40. The van der Waals surface area contributed by atoms with Gasteiger partial charge in [-0.3, -0.25) is 0 Å². The van der Waals surface area contributed by atoms with Crippen LogP contribution in [0.25, 0.3) is 0 Å². The first-order valence-corrected chi connectivity index (χ1v) is 6.87. The summed E-state index contributed by atoms with van der Waals surface area (Å²) in [4.78, 5) is 0. The second kappa shape index (κ2) is 2.66. The summed E-state index contributed by atoms with van der Waals surface area (Å²) in [6, 6.07) is 0. The number of hydrogen-bond donors (Lipinski definition) is 0. The quantitative estimate of drug-likeness (QED) is 0.496. The Balaban J connectivity index is 0.000000640. The summed E-state index contributed by atoms with van der Waals surface area (Å²) >= 11 is -0.657. The fourth-order valence-electron chi connectivity index (χ4n) is 0.818. The van der Waals surface area contributed by atoms with Crippen LogP contribution in [-0.2, 0) is 17.9 Å². The van der Waals surface area contributed by atoms with Gasteiger partial charge in [-0.1, -0.05) is 0 Å². The van der Waals surface area contributed by atoms with Crippen LogP contribution in [0.2, 0.25) is 10.5 Å². The van der Waals surface area contributed by atoms with E-state index in [-0.39, 0.29) is 1.43 Å². The topological polar surface area (TPSA) is 0 Å². The molecule has 0 atom stereocenters. The summed E-state index contributed by atoms with van der Waals surface area (Å²) in [5.41, 5.74) is 0. The van der Waals surface area contributed by atoms with Gasteiger partial charge < -0.3 is 1.43 Å². The van der Waals surface area contributed by atoms with Crippen LogP contribution in [0.5, 0.6) is 0 Å². The van der Waals surface area contributed by atoms with Gasteiger partial charge in [0.25, 0.3) is 0 Å². The van der Waals surface area contributed by atoms with E-state index in [1.807, 2.05) is 0 Å². The van der Waals surface area contributed by atoms with Crippen LogP contribution in [0, 0.1) is 0 Å². The monoisotopic (exact) mass is 144 g/mol. The van der Waals surface area contributed by atoms with Gasteiger partial charge in [0.05, 0.1) is 0 Å². The molecule has 0 amide bonds. The maximum atomic E-state index is 2.40. The van der Waals surface area contributed by atoms with E-state index in [1.54, 1.807) is 3.88 Å². The Morgan fingerprint density at radius 3 is 2.62 bits per heavy atom. The smallest absolute Gasteiger partial charge is 1.00 e. The van der Waals surface area contributed by atoms with Crippen molar-refractivity contribution >= 4 is 0 Å². The Kier molecular flexibility index (Phi) is 2.10. The zero-order valence-corrected chi connectivity index (χ0v) is 7.00. The molecule has 0 aromatic heterocycles. The molecule has 0 nitrogen and oxygen atoms in total. The van der Waals surface area contributed by atoms with Crippen molar-refractivity contribution in [2.45, 2.75) is 16.9 Å². The number of allylic oxidation sites excluding steroid dienone is 4. The fraction of sp³-hybridized carbons (Fsp3) is 0.429. The summed E-state index contributed by atoms with van der Waals surface area (Å²) in [6.07, 6.45) is 7.96. The molecule has 0 unspecified atom stereocenters. The van der Waals surface area contributed by atoms with Gasteiger partial charge in [-0.25, -0.2) is 0 Å². The van der Waals surface area contributed by atoms with Gasteiger partial charge in [0.15, 0.2) is 0 Å². The van der Waals surface area contributed by atoms with Gasteiger partial charge in [-0.2, -0.15) is 0 Å². The van der Waals surface area contributed by atoms with E-state index in [0.717, 1.165) is 0 Å². The average Bonchev–Trinajstić information content (AvgIpc) is 2.12. The summed E-state index contributed by atoms with van der Waals surface area (Å²) in [6.45, 7) is 0. The van der Waals surface area contributed by atoms with Crippen LogP contribution in [-0.4, -0.2) is 0 Å². The van der Waals surface area contributed by atoms with Crippen molar-refractivity contribution in [2.24, 2.45) is 0 Å². The van der Waals surface area contributed by atoms with Crippen LogP contribution >= 0.6 is 0 Å². The molecule has 0 aromatic carbocycles. The Bertz CT molecular complexity index is 136. The third-order valence-electron chi connectivity index (χ3n) is 1.41. The molecule has 0 fully saturated rings. The molecule has 0 bridgehead atoms. The van der Waals surface area contributed by atoms with Crippen molar-refractivity contribution in [1.29, 1.82) is 0 Å². The van der Waals surface area contributed by atoms with Crippen molar-refractivity contribution < 1.29 is 19.3 Å². The minimum absolute atomic E-state index is 0. The van der Waals surface area contributed by atoms with E-state index in [0.29, 0.717) is 0 Å². The van der Waals surface area contributed by atoms with E-state index in [1.165, 1.54) is 6.42 Å². The van der Waals surface area contributed by atoms with Crippen molar-refractivity contribution in [3.63, 3.8) is 0 Å². The molecule has 45 valence electrons. The van der Waals surface area contributed by atoms with E-state index in [2.05, 4.69) is 28.7 Å². The zero-order valence-electron chi connectivity index (χ0n) is 6.44. The first kappa shape index (κ1) is 6.32. The molecule has 0 saturated heterocycles. The first-order chi connectivity index (χ1) is 3.80. The second-order valence-electron chi connectivity index (χ2n) is 2.32. The molecule has 0 saturated carbocycles. The molecule has 0 aliphatic heterocycles. The Labute approximate surface area is 58.6 Å². The first-order valence-electron chi connectivity index (χ1n) is 2.97. The summed E-state index contributed by atoms with van der Waals surface area (Å²) < 4.78 is 1.73. The predicted octanol–water partition coefficient (Wildman–Crippen LogP) is 2.66. The molecule has 1 rings (SSSR count). The van der Waals surface area contributed by atoms with Gasteiger partial charge in [0.1, 0.15) is 0 Å². The SMILES string of the molecule is [CH3][Ti]([CH3])[C]1=CC=CC1.[H-]. The summed E-state index contributed by atoms with van der Waals surface area (Å²) in [5.74, 6) is 0. The fourth-order valence-corrected chi connectivity index (χ4v) is 2.31. The number of rotatable bonds is 1. The standard InChI is InChI=1S/C5H5.2CH3.Ti.H/c1-2-4-5-3-1;;;;/h1-3H,4H2;2*1H3;;/q;;;;-1. The molecule has 0 spiro atoms. The Morgan fingerprint density at radius 2 is 2.38 bits per heavy atom. The molecular formula is C7H12Ti-. The zero-order chi connectivity index (χ0) is 5.98. The molecule has 8 heavy (non-hydrogen) atoms. The van der Waals surface area contributed by atoms with Gasteiger partial charge in [-0.05, 0) is 0 Å². The van der Waals surface area contributed by atoms with Crippen LogP contribution < -0.4 is 0 Å². The normalized spacial score (nSPS) is 16.5. The van der Waals surface area contributed by atoms with Gasteiger partial charge >= 0.3 is 56.9 Å². The molecule has 1 aliphatic rings. The minimum Gasteiger partial charge on any atom is -1.00 e.